The Morgan fingerprint density at radius 3 is 2.61 bits per heavy atom. The summed E-state index contributed by atoms with van der Waals surface area (Å²) in [6.07, 6.45) is 0. The molecule has 100 valence electrons. The molecule has 0 aliphatic carbocycles. The molecule has 1 aromatic rings. The summed E-state index contributed by atoms with van der Waals surface area (Å²) in [6, 6.07) is 5.84. The lowest BCUT2D eigenvalue weighted by atomic mass is 9.96. The minimum Gasteiger partial charge on any atom is -0.384 e. The van der Waals surface area contributed by atoms with Crippen LogP contribution in [0.3, 0.4) is 0 Å². The lowest BCUT2D eigenvalue weighted by molar-refractivity contribution is 0.184. The van der Waals surface area contributed by atoms with Crippen molar-refractivity contribution in [3.63, 3.8) is 0 Å². The third kappa shape index (κ3) is 3.74. The van der Waals surface area contributed by atoms with Crippen molar-refractivity contribution in [1.82, 2.24) is 4.90 Å². The molecule has 0 aliphatic heterocycles. The molecule has 0 spiro atoms. The molecule has 2 amide bonds. The third-order valence-electron chi connectivity index (χ3n) is 2.87. The molecule has 1 rings (SSSR count). The number of ether oxygens (including phenoxy) is 1. The first kappa shape index (κ1) is 14.5. The van der Waals surface area contributed by atoms with Crippen LogP contribution in [-0.4, -0.2) is 38.7 Å². The van der Waals surface area contributed by atoms with Gasteiger partial charge in [-0.05, 0) is 30.2 Å². The van der Waals surface area contributed by atoms with Crippen LogP contribution < -0.4 is 5.32 Å². The van der Waals surface area contributed by atoms with Gasteiger partial charge in [0.15, 0.2) is 0 Å². The lowest BCUT2D eigenvalue weighted by Crippen LogP contribution is -2.27. The Morgan fingerprint density at radius 1 is 1.44 bits per heavy atom. The van der Waals surface area contributed by atoms with Gasteiger partial charge in [0.25, 0.3) is 0 Å². The number of nitrogens with zero attached hydrogens (tertiary/aromatic N) is 1. The molecule has 4 heteroatoms. The zero-order valence-electron chi connectivity index (χ0n) is 11.8. The van der Waals surface area contributed by atoms with Gasteiger partial charge in [0.2, 0.25) is 0 Å². The number of hydrogen-bond donors (Lipinski definition) is 1. The molecular weight excluding hydrogens is 228 g/mol. The molecule has 0 saturated heterocycles. The van der Waals surface area contributed by atoms with Crippen molar-refractivity contribution in [2.75, 3.05) is 33.1 Å². The van der Waals surface area contributed by atoms with E-state index < -0.39 is 0 Å². The average molecular weight is 250 g/mol. The predicted octanol–water partition coefficient (Wildman–Crippen LogP) is 2.84. The first-order valence-electron chi connectivity index (χ1n) is 6.03. The van der Waals surface area contributed by atoms with Crippen LogP contribution >= 0.6 is 0 Å². The lowest BCUT2D eigenvalue weighted by Gasteiger charge is -2.16. The van der Waals surface area contributed by atoms with E-state index in [4.69, 9.17) is 4.74 Å². The highest BCUT2D eigenvalue weighted by Gasteiger charge is 2.10. The zero-order chi connectivity index (χ0) is 13.7. The smallest absolute Gasteiger partial charge is 0.321 e. The Labute approximate surface area is 109 Å². The maximum atomic E-state index is 11.5. The summed E-state index contributed by atoms with van der Waals surface area (Å²) in [5.41, 5.74) is 3.23. The zero-order valence-corrected chi connectivity index (χ0v) is 11.8. The number of carbonyl (C=O) groups is 1. The number of carbonyl (C=O) groups excluding carboxylic acids is 1. The van der Waals surface area contributed by atoms with Gasteiger partial charge in [-0.15, -0.1) is 0 Å². The maximum Gasteiger partial charge on any atom is 0.321 e. The van der Waals surface area contributed by atoms with E-state index in [1.54, 1.807) is 21.2 Å². The SMILES string of the molecule is COCC(C)c1ccc(NC(=O)N(C)C)cc1C. The van der Waals surface area contributed by atoms with E-state index in [9.17, 15) is 4.79 Å². The molecule has 4 nitrogen and oxygen atoms in total. The van der Waals surface area contributed by atoms with Crippen LogP contribution in [0.1, 0.15) is 24.0 Å². The molecule has 18 heavy (non-hydrogen) atoms. The van der Waals surface area contributed by atoms with Crippen LogP contribution in [0.15, 0.2) is 18.2 Å². The summed E-state index contributed by atoms with van der Waals surface area (Å²) < 4.78 is 5.16. The number of benzene rings is 1. The minimum absolute atomic E-state index is 0.118. The summed E-state index contributed by atoms with van der Waals surface area (Å²) in [7, 11) is 5.14. The molecule has 0 fully saturated rings. The second-order valence-corrected chi connectivity index (χ2v) is 4.75. The highest BCUT2D eigenvalue weighted by Crippen LogP contribution is 2.23. The molecule has 0 heterocycles. The Balaban J connectivity index is 2.82. The van der Waals surface area contributed by atoms with Gasteiger partial charge in [-0.2, -0.15) is 0 Å². The van der Waals surface area contributed by atoms with Gasteiger partial charge < -0.3 is 15.0 Å². The van der Waals surface area contributed by atoms with Crippen LogP contribution in [0.2, 0.25) is 0 Å². The Bertz CT molecular complexity index is 416. The monoisotopic (exact) mass is 250 g/mol. The summed E-state index contributed by atoms with van der Waals surface area (Å²) in [5, 5.41) is 2.84. The van der Waals surface area contributed by atoms with Crippen LogP contribution in [0.25, 0.3) is 0 Å². The Morgan fingerprint density at radius 2 is 2.11 bits per heavy atom. The fourth-order valence-electron chi connectivity index (χ4n) is 1.88. The molecule has 1 aromatic carbocycles. The molecule has 1 N–H and O–H groups in total. The second-order valence-electron chi connectivity index (χ2n) is 4.75. The number of aryl methyl sites for hydroxylation is 1. The van der Waals surface area contributed by atoms with Gasteiger partial charge in [-0.1, -0.05) is 13.0 Å². The number of rotatable bonds is 4. The van der Waals surface area contributed by atoms with Gasteiger partial charge in [-0.25, -0.2) is 4.79 Å². The van der Waals surface area contributed by atoms with E-state index in [0.717, 1.165) is 11.3 Å². The van der Waals surface area contributed by atoms with Crippen molar-refractivity contribution < 1.29 is 9.53 Å². The number of amides is 2. The van der Waals surface area contributed by atoms with Crippen molar-refractivity contribution in [1.29, 1.82) is 0 Å². The first-order valence-corrected chi connectivity index (χ1v) is 6.03. The van der Waals surface area contributed by atoms with Crippen molar-refractivity contribution in [3.8, 4) is 0 Å². The maximum absolute atomic E-state index is 11.5. The summed E-state index contributed by atoms with van der Waals surface area (Å²) in [4.78, 5) is 13.1. The average Bonchev–Trinajstić information content (AvgIpc) is 2.29. The van der Waals surface area contributed by atoms with Crippen LogP contribution in [0.4, 0.5) is 10.5 Å². The highest BCUT2D eigenvalue weighted by molar-refractivity contribution is 5.89. The summed E-state index contributed by atoms with van der Waals surface area (Å²) in [5.74, 6) is 0.355. The number of methoxy groups -OCH3 is 1. The quantitative estimate of drug-likeness (QED) is 0.892. The molecule has 1 unspecified atom stereocenters. The van der Waals surface area contributed by atoms with E-state index in [1.165, 1.54) is 10.5 Å². The van der Waals surface area contributed by atoms with Gasteiger partial charge in [0.05, 0.1) is 6.61 Å². The summed E-state index contributed by atoms with van der Waals surface area (Å²) >= 11 is 0. The Kier molecular flexibility index (Phi) is 5.16. The van der Waals surface area contributed by atoms with Crippen LogP contribution in [0.5, 0.6) is 0 Å². The standard InChI is InChI=1S/C14H22N2O2/c1-10-8-12(15-14(17)16(3)4)6-7-13(10)11(2)9-18-5/h6-8,11H,9H2,1-5H3,(H,15,17). The van der Waals surface area contributed by atoms with Crippen LogP contribution in [-0.2, 0) is 4.74 Å². The van der Waals surface area contributed by atoms with Gasteiger partial charge in [-0.3, -0.25) is 0 Å². The van der Waals surface area contributed by atoms with E-state index in [2.05, 4.69) is 12.2 Å². The highest BCUT2D eigenvalue weighted by atomic mass is 16.5. The number of hydrogen-bond acceptors (Lipinski definition) is 2. The number of nitrogens with one attached hydrogen (secondary N) is 1. The fourth-order valence-corrected chi connectivity index (χ4v) is 1.88. The second kappa shape index (κ2) is 6.40. The van der Waals surface area contributed by atoms with E-state index in [1.807, 2.05) is 25.1 Å². The van der Waals surface area contributed by atoms with Gasteiger partial charge in [0.1, 0.15) is 0 Å². The Hall–Kier alpha value is -1.55. The minimum atomic E-state index is -0.118. The van der Waals surface area contributed by atoms with E-state index in [-0.39, 0.29) is 6.03 Å². The predicted molar refractivity (Wildman–Crippen MR) is 74.2 cm³/mol. The van der Waals surface area contributed by atoms with Crippen molar-refractivity contribution in [3.05, 3.63) is 29.3 Å². The molecular formula is C14H22N2O2. The van der Waals surface area contributed by atoms with Gasteiger partial charge >= 0.3 is 6.03 Å². The fraction of sp³-hybridized carbons (Fsp3) is 0.500. The molecule has 0 aliphatic rings. The molecule has 0 bridgehead atoms. The molecule has 0 saturated carbocycles. The first-order chi connectivity index (χ1) is 8.45. The van der Waals surface area contributed by atoms with Crippen molar-refractivity contribution >= 4 is 11.7 Å². The molecule has 0 radical (unpaired) electrons. The van der Waals surface area contributed by atoms with Crippen molar-refractivity contribution in [2.24, 2.45) is 0 Å². The normalized spacial score (nSPS) is 12.1. The third-order valence-corrected chi connectivity index (χ3v) is 2.87. The van der Waals surface area contributed by atoms with E-state index in [0.29, 0.717) is 12.5 Å². The van der Waals surface area contributed by atoms with E-state index >= 15 is 0 Å². The largest absolute Gasteiger partial charge is 0.384 e. The molecule has 0 aromatic heterocycles. The van der Waals surface area contributed by atoms with Crippen molar-refractivity contribution in [2.45, 2.75) is 19.8 Å². The number of urea groups is 1. The van der Waals surface area contributed by atoms with Crippen LogP contribution in [0, 0.1) is 6.92 Å². The van der Waals surface area contributed by atoms with Gasteiger partial charge in [0, 0.05) is 32.8 Å². The number of anilines is 1. The summed E-state index contributed by atoms with van der Waals surface area (Å²) in [6.45, 7) is 4.88. The molecule has 1 atom stereocenters. The topological polar surface area (TPSA) is 41.6 Å².